The summed E-state index contributed by atoms with van der Waals surface area (Å²) in [6.07, 6.45) is 7.74. The fourth-order valence-corrected chi connectivity index (χ4v) is 3.73. The van der Waals surface area contributed by atoms with E-state index >= 15 is 0 Å². The molecular formula is C17H27N5O2. The van der Waals surface area contributed by atoms with E-state index in [1.165, 1.54) is 0 Å². The fraction of sp³-hybridized carbons (Fsp3) is 0.706. The maximum absolute atomic E-state index is 12.4. The van der Waals surface area contributed by atoms with Gasteiger partial charge in [0.05, 0.1) is 0 Å². The predicted octanol–water partition coefficient (Wildman–Crippen LogP) is 1.30. The number of rotatable bonds is 5. The molecular weight excluding hydrogens is 306 g/mol. The van der Waals surface area contributed by atoms with Crippen LogP contribution >= 0.6 is 0 Å². The highest BCUT2D eigenvalue weighted by Gasteiger charge is 2.37. The number of anilines is 2. The van der Waals surface area contributed by atoms with E-state index in [-0.39, 0.29) is 11.9 Å². The molecule has 1 aliphatic heterocycles. The minimum Gasteiger partial charge on any atom is -0.380 e. The Morgan fingerprint density at radius 2 is 2.12 bits per heavy atom. The molecule has 7 nitrogen and oxygen atoms in total. The second-order valence-corrected chi connectivity index (χ2v) is 6.80. The highest BCUT2D eigenvalue weighted by Crippen LogP contribution is 2.29. The summed E-state index contributed by atoms with van der Waals surface area (Å²) in [6.45, 7) is 1.46. The second-order valence-electron chi connectivity index (χ2n) is 6.80. The molecule has 0 aromatic carbocycles. The van der Waals surface area contributed by atoms with Gasteiger partial charge in [-0.25, -0.2) is 9.97 Å². The molecule has 3 rings (SSSR count). The lowest BCUT2D eigenvalue weighted by Gasteiger charge is -2.32. The molecule has 1 aromatic heterocycles. The van der Waals surface area contributed by atoms with Gasteiger partial charge in [-0.2, -0.15) is 0 Å². The Balaban J connectivity index is 1.60. The van der Waals surface area contributed by atoms with E-state index in [0.29, 0.717) is 19.4 Å². The smallest absolute Gasteiger partial charge is 0.252 e. The van der Waals surface area contributed by atoms with Crippen molar-refractivity contribution in [2.45, 2.75) is 56.6 Å². The molecule has 7 heteroatoms. The van der Waals surface area contributed by atoms with Crippen molar-refractivity contribution in [3.05, 3.63) is 12.4 Å². The van der Waals surface area contributed by atoms with E-state index < -0.39 is 5.60 Å². The Kier molecular flexibility index (Phi) is 5.18. The largest absolute Gasteiger partial charge is 0.380 e. The maximum atomic E-state index is 12.4. The summed E-state index contributed by atoms with van der Waals surface area (Å²) < 4.78 is 0. The Labute approximate surface area is 142 Å². The quantitative estimate of drug-likeness (QED) is 0.752. The van der Waals surface area contributed by atoms with Crippen LogP contribution in [0.1, 0.15) is 44.9 Å². The summed E-state index contributed by atoms with van der Waals surface area (Å²) in [5.41, 5.74) is -1.17. The molecule has 132 valence electrons. The highest BCUT2D eigenvalue weighted by molar-refractivity contribution is 5.85. The van der Waals surface area contributed by atoms with Crippen LogP contribution in [-0.4, -0.2) is 52.8 Å². The Hall–Kier alpha value is -1.89. The molecule has 0 bridgehead atoms. The van der Waals surface area contributed by atoms with Crippen molar-refractivity contribution in [1.82, 2.24) is 15.3 Å². The van der Waals surface area contributed by atoms with Crippen LogP contribution in [0.3, 0.4) is 0 Å². The molecule has 1 aromatic rings. The van der Waals surface area contributed by atoms with Gasteiger partial charge in [0.1, 0.15) is 23.6 Å². The van der Waals surface area contributed by atoms with E-state index in [1.807, 2.05) is 13.1 Å². The number of aliphatic hydroxyl groups is 1. The Morgan fingerprint density at radius 1 is 1.33 bits per heavy atom. The van der Waals surface area contributed by atoms with Crippen molar-refractivity contribution in [2.24, 2.45) is 0 Å². The summed E-state index contributed by atoms with van der Waals surface area (Å²) in [5.74, 6) is 1.45. The van der Waals surface area contributed by atoms with Gasteiger partial charge < -0.3 is 20.6 Å². The second kappa shape index (κ2) is 7.34. The van der Waals surface area contributed by atoms with Gasteiger partial charge in [-0.05, 0) is 25.7 Å². The molecule has 1 amide bonds. The standard InChI is InChI=1S/C17H27N5O2/c1-18-14-10-15(21-12-20-14)22-9-5-6-13(22)11-19-16(23)17(24)7-3-2-4-8-17/h10,12-13,24H,2-9,11H2,1H3,(H,19,23)(H,18,20,21). The fourth-order valence-electron chi connectivity index (χ4n) is 3.73. The molecule has 2 fully saturated rings. The van der Waals surface area contributed by atoms with E-state index in [4.69, 9.17) is 0 Å². The summed E-state index contributed by atoms with van der Waals surface area (Å²) in [7, 11) is 1.83. The van der Waals surface area contributed by atoms with Crippen molar-refractivity contribution in [2.75, 3.05) is 30.4 Å². The lowest BCUT2D eigenvalue weighted by atomic mass is 9.84. The molecule has 2 heterocycles. The van der Waals surface area contributed by atoms with Crippen LogP contribution in [0.4, 0.5) is 11.6 Å². The van der Waals surface area contributed by atoms with E-state index in [9.17, 15) is 9.90 Å². The van der Waals surface area contributed by atoms with Crippen molar-refractivity contribution in [1.29, 1.82) is 0 Å². The van der Waals surface area contributed by atoms with E-state index in [1.54, 1.807) is 6.33 Å². The normalized spacial score (nSPS) is 23.1. The number of carbonyl (C=O) groups excluding carboxylic acids is 1. The van der Waals surface area contributed by atoms with Gasteiger partial charge in [-0.1, -0.05) is 19.3 Å². The number of amides is 1. The first-order valence-corrected chi connectivity index (χ1v) is 8.89. The Morgan fingerprint density at radius 3 is 2.88 bits per heavy atom. The van der Waals surface area contributed by atoms with Crippen LogP contribution in [0.2, 0.25) is 0 Å². The van der Waals surface area contributed by atoms with Gasteiger partial charge in [0.2, 0.25) is 0 Å². The highest BCUT2D eigenvalue weighted by atomic mass is 16.3. The molecule has 0 spiro atoms. The maximum Gasteiger partial charge on any atom is 0.252 e. The van der Waals surface area contributed by atoms with Crippen molar-refractivity contribution in [3.8, 4) is 0 Å². The zero-order valence-electron chi connectivity index (χ0n) is 14.3. The van der Waals surface area contributed by atoms with Gasteiger partial charge in [0.15, 0.2) is 0 Å². The van der Waals surface area contributed by atoms with Crippen molar-refractivity contribution >= 4 is 17.5 Å². The lowest BCUT2D eigenvalue weighted by molar-refractivity contribution is -0.143. The molecule has 1 unspecified atom stereocenters. The average Bonchev–Trinajstić information content (AvgIpc) is 3.09. The zero-order chi connectivity index (χ0) is 17.0. The lowest BCUT2D eigenvalue weighted by Crippen LogP contribution is -2.51. The first-order chi connectivity index (χ1) is 11.6. The third kappa shape index (κ3) is 3.61. The van der Waals surface area contributed by atoms with E-state index in [0.717, 1.165) is 50.3 Å². The third-order valence-corrected chi connectivity index (χ3v) is 5.18. The molecule has 0 radical (unpaired) electrons. The number of hydrogen-bond donors (Lipinski definition) is 3. The van der Waals surface area contributed by atoms with Crippen molar-refractivity contribution in [3.63, 3.8) is 0 Å². The zero-order valence-corrected chi connectivity index (χ0v) is 14.3. The number of nitrogens with one attached hydrogen (secondary N) is 2. The summed E-state index contributed by atoms with van der Waals surface area (Å²) in [5, 5.41) is 16.5. The number of hydrogen-bond acceptors (Lipinski definition) is 6. The minimum absolute atomic E-state index is 0.209. The van der Waals surface area contributed by atoms with Crippen LogP contribution < -0.4 is 15.5 Å². The summed E-state index contributed by atoms with van der Waals surface area (Å²) >= 11 is 0. The third-order valence-electron chi connectivity index (χ3n) is 5.18. The number of carbonyl (C=O) groups is 1. The molecule has 3 N–H and O–H groups in total. The van der Waals surface area contributed by atoms with Crippen molar-refractivity contribution < 1.29 is 9.90 Å². The molecule has 1 atom stereocenters. The van der Waals surface area contributed by atoms with Gasteiger partial charge >= 0.3 is 0 Å². The number of nitrogens with zero attached hydrogens (tertiary/aromatic N) is 3. The van der Waals surface area contributed by atoms with Gasteiger partial charge in [0.25, 0.3) is 5.91 Å². The van der Waals surface area contributed by atoms with Crippen LogP contribution in [0.25, 0.3) is 0 Å². The van der Waals surface area contributed by atoms with Crippen LogP contribution in [-0.2, 0) is 4.79 Å². The van der Waals surface area contributed by atoms with Gasteiger partial charge in [0, 0.05) is 32.2 Å². The molecule has 24 heavy (non-hydrogen) atoms. The minimum atomic E-state index is -1.17. The van der Waals surface area contributed by atoms with E-state index in [2.05, 4.69) is 25.5 Å². The summed E-state index contributed by atoms with van der Waals surface area (Å²) in [6, 6.07) is 2.13. The summed E-state index contributed by atoms with van der Waals surface area (Å²) in [4.78, 5) is 23.1. The Bertz CT molecular complexity index is 574. The molecule has 1 saturated carbocycles. The monoisotopic (exact) mass is 333 g/mol. The van der Waals surface area contributed by atoms with Crippen LogP contribution in [0, 0.1) is 0 Å². The van der Waals surface area contributed by atoms with Gasteiger partial charge in [-0.3, -0.25) is 4.79 Å². The average molecular weight is 333 g/mol. The predicted molar refractivity (Wildman–Crippen MR) is 93.0 cm³/mol. The first kappa shape index (κ1) is 17.0. The molecule has 2 aliphatic rings. The SMILES string of the molecule is CNc1cc(N2CCCC2CNC(=O)C2(O)CCCCC2)ncn1. The first-order valence-electron chi connectivity index (χ1n) is 8.89. The topological polar surface area (TPSA) is 90.4 Å². The number of aromatic nitrogens is 2. The van der Waals surface area contributed by atoms with Crippen LogP contribution in [0.15, 0.2) is 12.4 Å². The van der Waals surface area contributed by atoms with Crippen LogP contribution in [0.5, 0.6) is 0 Å². The molecule has 1 aliphatic carbocycles. The molecule has 1 saturated heterocycles. The van der Waals surface area contributed by atoms with Gasteiger partial charge in [-0.15, -0.1) is 0 Å².